The lowest BCUT2D eigenvalue weighted by atomic mass is 9.98. The zero-order chi connectivity index (χ0) is 9.42. The fourth-order valence-corrected chi connectivity index (χ4v) is 1.33. The van der Waals surface area contributed by atoms with Gasteiger partial charge in [-0.2, -0.15) is 5.10 Å². The van der Waals surface area contributed by atoms with Gasteiger partial charge in [0, 0.05) is 11.8 Å². The summed E-state index contributed by atoms with van der Waals surface area (Å²) in [6.45, 7) is 6.60. The van der Waals surface area contributed by atoms with Crippen molar-refractivity contribution >= 4 is 0 Å². The normalized spacial score (nSPS) is 19.4. The summed E-state index contributed by atoms with van der Waals surface area (Å²) in [5.41, 5.74) is 0. The lowest BCUT2D eigenvalue weighted by Gasteiger charge is -2.10. The molecule has 1 fully saturated rings. The lowest BCUT2D eigenvalue weighted by molar-refractivity contribution is 0.511. The fourth-order valence-electron chi connectivity index (χ4n) is 1.33. The van der Waals surface area contributed by atoms with Gasteiger partial charge in [0.1, 0.15) is 5.82 Å². The zero-order valence-electron chi connectivity index (χ0n) is 8.54. The number of H-pyrrole nitrogens is 1. The number of aromatic nitrogens is 3. The monoisotopic (exact) mass is 179 g/mol. The minimum Gasteiger partial charge on any atom is -0.263 e. The van der Waals surface area contributed by atoms with Gasteiger partial charge in [0.05, 0.1) is 0 Å². The Morgan fingerprint density at radius 3 is 2.54 bits per heavy atom. The molecule has 0 radical (unpaired) electrons. The van der Waals surface area contributed by atoms with Crippen LogP contribution in [0.5, 0.6) is 0 Å². The van der Waals surface area contributed by atoms with Crippen molar-refractivity contribution in [3.05, 3.63) is 11.6 Å². The van der Waals surface area contributed by atoms with Gasteiger partial charge in [-0.1, -0.05) is 20.8 Å². The third kappa shape index (κ3) is 1.74. The second-order valence-corrected chi connectivity index (χ2v) is 4.39. The number of nitrogens with one attached hydrogen (secondary N) is 1. The molecular formula is C10H17N3. The van der Waals surface area contributed by atoms with Crippen LogP contribution in [0, 0.1) is 5.92 Å². The summed E-state index contributed by atoms with van der Waals surface area (Å²) in [4.78, 5) is 4.53. The first-order chi connectivity index (χ1) is 6.18. The van der Waals surface area contributed by atoms with Crippen LogP contribution in [0.15, 0.2) is 0 Å². The summed E-state index contributed by atoms with van der Waals surface area (Å²) in [7, 11) is 0. The van der Waals surface area contributed by atoms with E-state index in [0.29, 0.717) is 17.8 Å². The van der Waals surface area contributed by atoms with Crippen molar-refractivity contribution in [2.45, 2.75) is 45.4 Å². The molecule has 72 valence electrons. The summed E-state index contributed by atoms with van der Waals surface area (Å²) in [5, 5.41) is 7.30. The summed E-state index contributed by atoms with van der Waals surface area (Å²) in [5.74, 6) is 3.84. The fraction of sp³-hybridized carbons (Fsp3) is 0.800. The second kappa shape index (κ2) is 3.13. The van der Waals surface area contributed by atoms with Crippen LogP contribution in [0.25, 0.3) is 0 Å². The molecule has 0 aromatic carbocycles. The van der Waals surface area contributed by atoms with Gasteiger partial charge in [0.15, 0.2) is 5.82 Å². The van der Waals surface area contributed by atoms with Gasteiger partial charge in [-0.3, -0.25) is 5.10 Å². The highest BCUT2D eigenvalue weighted by Gasteiger charge is 2.28. The maximum atomic E-state index is 4.53. The number of rotatable bonds is 3. The molecule has 1 aliphatic carbocycles. The van der Waals surface area contributed by atoms with Crippen molar-refractivity contribution in [2.75, 3.05) is 0 Å². The molecule has 0 saturated heterocycles. The van der Waals surface area contributed by atoms with E-state index in [4.69, 9.17) is 0 Å². The molecule has 1 N–H and O–H groups in total. The highest BCUT2D eigenvalue weighted by Crippen LogP contribution is 2.38. The van der Waals surface area contributed by atoms with E-state index in [9.17, 15) is 0 Å². The minimum absolute atomic E-state index is 0.462. The molecule has 0 aliphatic heterocycles. The Hall–Kier alpha value is -0.860. The predicted molar refractivity (Wildman–Crippen MR) is 51.6 cm³/mol. The highest BCUT2D eigenvalue weighted by molar-refractivity contribution is 5.07. The quantitative estimate of drug-likeness (QED) is 0.774. The summed E-state index contributed by atoms with van der Waals surface area (Å²) in [6.07, 6.45) is 2.56. The van der Waals surface area contributed by atoms with Crippen LogP contribution in [0.2, 0.25) is 0 Å². The standard InChI is InChI=1S/C10H17N3/c1-6(2)7(3)9-11-10(13-12-9)8-4-5-8/h6-8H,4-5H2,1-3H3,(H,11,12,13). The van der Waals surface area contributed by atoms with E-state index < -0.39 is 0 Å². The van der Waals surface area contributed by atoms with Crippen LogP contribution < -0.4 is 0 Å². The Kier molecular flexibility index (Phi) is 2.10. The van der Waals surface area contributed by atoms with Crippen molar-refractivity contribution in [3.63, 3.8) is 0 Å². The molecule has 0 spiro atoms. The SMILES string of the molecule is CC(C)C(C)c1n[nH]c(C2CC2)n1. The van der Waals surface area contributed by atoms with E-state index in [1.165, 1.54) is 12.8 Å². The van der Waals surface area contributed by atoms with E-state index in [1.54, 1.807) is 0 Å². The Morgan fingerprint density at radius 2 is 2.00 bits per heavy atom. The molecule has 1 aromatic rings. The van der Waals surface area contributed by atoms with Crippen LogP contribution in [0.4, 0.5) is 0 Å². The van der Waals surface area contributed by atoms with Crippen LogP contribution in [-0.4, -0.2) is 15.2 Å². The van der Waals surface area contributed by atoms with Gasteiger partial charge in [0.25, 0.3) is 0 Å². The molecule has 0 bridgehead atoms. The molecule has 0 amide bonds. The molecule has 1 atom stereocenters. The van der Waals surface area contributed by atoms with Crippen molar-refractivity contribution in [3.8, 4) is 0 Å². The first kappa shape index (κ1) is 8.73. The van der Waals surface area contributed by atoms with Gasteiger partial charge in [-0.25, -0.2) is 4.98 Å². The third-order valence-electron chi connectivity index (χ3n) is 2.89. The van der Waals surface area contributed by atoms with Gasteiger partial charge in [-0.05, 0) is 18.8 Å². The Bertz CT molecular complexity index is 286. The molecule has 1 heterocycles. The van der Waals surface area contributed by atoms with E-state index in [2.05, 4.69) is 36.0 Å². The van der Waals surface area contributed by atoms with Crippen LogP contribution in [0.1, 0.15) is 57.1 Å². The number of hydrogen-bond donors (Lipinski definition) is 1. The van der Waals surface area contributed by atoms with E-state index >= 15 is 0 Å². The first-order valence-corrected chi connectivity index (χ1v) is 5.10. The van der Waals surface area contributed by atoms with Gasteiger partial charge < -0.3 is 0 Å². The smallest absolute Gasteiger partial charge is 0.153 e. The van der Waals surface area contributed by atoms with Gasteiger partial charge in [-0.15, -0.1) is 0 Å². The predicted octanol–water partition coefficient (Wildman–Crippen LogP) is 2.44. The molecule has 3 heteroatoms. The number of aromatic amines is 1. The number of hydrogen-bond acceptors (Lipinski definition) is 2. The summed E-state index contributed by atoms with van der Waals surface area (Å²) < 4.78 is 0. The molecule has 13 heavy (non-hydrogen) atoms. The molecule has 3 nitrogen and oxygen atoms in total. The average molecular weight is 179 g/mol. The lowest BCUT2D eigenvalue weighted by Crippen LogP contribution is -2.04. The van der Waals surface area contributed by atoms with Gasteiger partial charge in [0.2, 0.25) is 0 Å². The first-order valence-electron chi connectivity index (χ1n) is 5.10. The molecule has 2 rings (SSSR count). The van der Waals surface area contributed by atoms with Crippen molar-refractivity contribution in [2.24, 2.45) is 5.92 Å². The van der Waals surface area contributed by atoms with E-state index in [1.807, 2.05) is 0 Å². The van der Waals surface area contributed by atoms with Crippen LogP contribution >= 0.6 is 0 Å². The third-order valence-corrected chi connectivity index (χ3v) is 2.89. The highest BCUT2D eigenvalue weighted by atomic mass is 15.2. The molecule has 1 unspecified atom stereocenters. The van der Waals surface area contributed by atoms with Crippen molar-refractivity contribution in [1.29, 1.82) is 0 Å². The van der Waals surface area contributed by atoms with Crippen LogP contribution in [0.3, 0.4) is 0 Å². The second-order valence-electron chi connectivity index (χ2n) is 4.39. The van der Waals surface area contributed by atoms with E-state index in [0.717, 1.165) is 11.6 Å². The Labute approximate surface area is 79.0 Å². The van der Waals surface area contributed by atoms with Crippen molar-refractivity contribution < 1.29 is 0 Å². The van der Waals surface area contributed by atoms with E-state index in [-0.39, 0.29) is 0 Å². The molecule has 1 saturated carbocycles. The zero-order valence-corrected chi connectivity index (χ0v) is 8.54. The maximum Gasteiger partial charge on any atom is 0.153 e. The van der Waals surface area contributed by atoms with Crippen LogP contribution in [-0.2, 0) is 0 Å². The number of nitrogens with zero attached hydrogens (tertiary/aromatic N) is 2. The maximum absolute atomic E-state index is 4.53. The topological polar surface area (TPSA) is 41.6 Å². The molecule has 1 aliphatic rings. The Balaban J connectivity index is 2.11. The van der Waals surface area contributed by atoms with Crippen molar-refractivity contribution in [1.82, 2.24) is 15.2 Å². The van der Waals surface area contributed by atoms with Gasteiger partial charge >= 0.3 is 0 Å². The minimum atomic E-state index is 0.462. The molecule has 1 aromatic heterocycles. The average Bonchev–Trinajstić information content (AvgIpc) is 2.83. The largest absolute Gasteiger partial charge is 0.263 e. The summed E-state index contributed by atoms with van der Waals surface area (Å²) >= 11 is 0. The Morgan fingerprint density at radius 1 is 1.31 bits per heavy atom. The molecular weight excluding hydrogens is 162 g/mol. The summed E-state index contributed by atoms with van der Waals surface area (Å²) in [6, 6.07) is 0.